The van der Waals surface area contributed by atoms with E-state index in [2.05, 4.69) is 0 Å². The molecule has 6 heteroatoms. The van der Waals surface area contributed by atoms with Gasteiger partial charge in [0.25, 0.3) is 0 Å². The second-order valence-electron chi connectivity index (χ2n) is 2.32. The molecule has 1 unspecified atom stereocenters. The van der Waals surface area contributed by atoms with Crippen molar-refractivity contribution in [3.05, 3.63) is 33.1 Å². The molecule has 0 aliphatic carbocycles. The fourth-order valence-corrected chi connectivity index (χ4v) is 2.95. The van der Waals surface area contributed by atoms with E-state index in [1.165, 1.54) is 9.81 Å². The van der Waals surface area contributed by atoms with Crippen molar-refractivity contribution in [3.63, 3.8) is 0 Å². The standard InChI is InChI=1S/C7H8N2S2.2ClH/c8-6-2-1-4-5(11-6)3-7(9)10-4;;/h1-3,7H,8-9H2;2*1H. The van der Waals surface area contributed by atoms with Crippen molar-refractivity contribution in [2.24, 2.45) is 11.5 Å². The highest BCUT2D eigenvalue weighted by Crippen LogP contribution is 2.44. The predicted octanol–water partition coefficient (Wildman–Crippen LogP) is 2.18. The Morgan fingerprint density at radius 2 is 1.85 bits per heavy atom. The Kier molecular flexibility index (Phi) is 5.32. The van der Waals surface area contributed by atoms with E-state index in [9.17, 15) is 0 Å². The molecule has 74 valence electrons. The molecular formula is C7H10Cl2N2S2. The van der Waals surface area contributed by atoms with Crippen molar-refractivity contribution >= 4 is 48.3 Å². The molecule has 4 N–H and O–H groups in total. The molecule has 1 atom stereocenters. The van der Waals surface area contributed by atoms with Crippen LogP contribution in [0.25, 0.3) is 0 Å². The highest BCUT2D eigenvalue weighted by atomic mass is 35.5. The highest BCUT2D eigenvalue weighted by molar-refractivity contribution is 8.11. The minimum atomic E-state index is 0. The van der Waals surface area contributed by atoms with Gasteiger partial charge in [-0.2, -0.15) is 0 Å². The van der Waals surface area contributed by atoms with Crippen LogP contribution in [-0.2, 0) is 0 Å². The number of fused-ring (bicyclic) bond motifs is 1. The van der Waals surface area contributed by atoms with Crippen molar-refractivity contribution < 1.29 is 0 Å². The zero-order chi connectivity index (χ0) is 7.84. The summed E-state index contributed by atoms with van der Waals surface area (Å²) in [6, 6.07) is 0. The van der Waals surface area contributed by atoms with Crippen LogP contribution in [0.2, 0.25) is 0 Å². The second-order valence-corrected chi connectivity index (χ2v) is 4.65. The third-order valence-corrected chi connectivity index (χ3v) is 3.54. The number of halogens is 2. The summed E-state index contributed by atoms with van der Waals surface area (Å²) in [6.07, 6.45) is 5.98. The zero-order valence-corrected chi connectivity index (χ0v) is 9.86. The van der Waals surface area contributed by atoms with E-state index in [-0.39, 0.29) is 30.2 Å². The van der Waals surface area contributed by atoms with Crippen molar-refractivity contribution in [2.45, 2.75) is 5.37 Å². The monoisotopic (exact) mass is 256 g/mol. The van der Waals surface area contributed by atoms with E-state index in [4.69, 9.17) is 11.5 Å². The quantitative estimate of drug-likeness (QED) is 0.698. The van der Waals surface area contributed by atoms with Gasteiger partial charge in [0.1, 0.15) is 0 Å². The Morgan fingerprint density at radius 1 is 1.15 bits per heavy atom. The largest absolute Gasteiger partial charge is 0.393 e. The maximum atomic E-state index is 5.71. The lowest BCUT2D eigenvalue weighted by Gasteiger charge is -2.08. The minimum absolute atomic E-state index is 0. The lowest BCUT2D eigenvalue weighted by Crippen LogP contribution is -2.07. The first-order chi connectivity index (χ1) is 5.25. The van der Waals surface area contributed by atoms with E-state index < -0.39 is 0 Å². The van der Waals surface area contributed by atoms with Crippen LogP contribution in [0.15, 0.2) is 33.1 Å². The number of rotatable bonds is 0. The van der Waals surface area contributed by atoms with Gasteiger partial charge in [-0.15, -0.1) is 36.6 Å². The highest BCUT2D eigenvalue weighted by Gasteiger charge is 2.21. The third-order valence-electron chi connectivity index (χ3n) is 1.45. The Labute approximate surface area is 98.1 Å². The van der Waals surface area contributed by atoms with Gasteiger partial charge >= 0.3 is 0 Å². The smallest absolute Gasteiger partial charge is 0.0755 e. The third kappa shape index (κ3) is 2.86. The molecule has 0 radical (unpaired) electrons. The molecule has 0 aromatic carbocycles. The lowest BCUT2D eigenvalue weighted by atomic mass is 10.4. The molecule has 13 heavy (non-hydrogen) atoms. The average molecular weight is 257 g/mol. The van der Waals surface area contributed by atoms with Crippen LogP contribution in [0.3, 0.4) is 0 Å². The van der Waals surface area contributed by atoms with Gasteiger partial charge in [-0.05, 0) is 18.2 Å². The predicted molar refractivity (Wildman–Crippen MR) is 66.1 cm³/mol. The summed E-state index contributed by atoms with van der Waals surface area (Å²) in [5.41, 5.74) is 11.3. The molecule has 0 amide bonds. The van der Waals surface area contributed by atoms with Crippen LogP contribution in [0.5, 0.6) is 0 Å². The lowest BCUT2D eigenvalue weighted by molar-refractivity contribution is 1.18. The summed E-state index contributed by atoms with van der Waals surface area (Å²) in [5, 5.41) is 0.956. The van der Waals surface area contributed by atoms with E-state index in [0.717, 1.165) is 5.03 Å². The molecule has 2 aliphatic heterocycles. The van der Waals surface area contributed by atoms with E-state index in [1.807, 2.05) is 18.2 Å². The Bertz CT molecular complexity index is 286. The van der Waals surface area contributed by atoms with Gasteiger partial charge in [-0.25, -0.2) is 0 Å². The normalized spacial score (nSPS) is 24.4. The Balaban J connectivity index is 0.000000720. The van der Waals surface area contributed by atoms with E-state index >= 15 is 0 Å². The van der Waals surface area contributed by atoms with E-state index in [0.29, 0.717) is 0 Å². The van der Waals surface area contributed by atoms with Crippen LogP contribution >= 0.6 is 48.3 Å². The molecule has 0 bridgehead atoms. The average Bonchev–Trinajstić information content (AvgIpc) is 2.27. The maximum Gasteiger partial charge on any atom is 0.0755 e. The van der Waals surface area contributed by atoms with Crippen LogP contribution in [0.1, 0.15) is 0 Å². The first-order valence-corrected chi connectivity index (χ1v) is 4.95. The number of hydrogen-bond acceptors (Lipinski definition) is 4. The molecule has 0 fully saturated rings. The van der Waals surface area contributed by atoms with Crippen molar-refractivity contribution in [1.82, 2.24) is 0 Å². The molecule has 0 saturated carbocycles. The van der Waals surface area contributed by atoms with Gasteiger partial charge in [0, 0.05) is 9.81 Å². The van der Waals surface area contributed by atoms with E-state index in [1.54, 1.807) is 23.5 Å². The van der Waals surface area contributed by atoms with Gasteiger partial charge < -0.3 is 11.5 Å². The van der Waals surface area contributed by atoms with Crippen LogP contribution in [-0.4, -0.2) is 5.37 Å². The SMILES string of the molecule is Cl.Cl.NC1=CC=C2SC(N)C=C2S1. The molecule has 0 spiro atoms. The maximum absolute atomic E-state index is 5.71. The molecule has 0 aromatic heterocycles. The summed E-state index contributed by atoms with van der Waals surface area (Å²) in [4.78, 5) is 2.46. The summed E-state index contributed by atoms with van der Waals surface area (Å²) in [6.45, 7) is 0. The minimum Gasteiger partial charge on any atom is -0.393 e. The van der Waals surface area contributed by atoms with Gasteiger partial charge in [-0.3, -0.25) is 0 Å². The van der Waals surface area contributed by atoms with Crippen molar-refractivity contribution in [1.29, 1.82) is 0 Å². The summed E-state index contributed by atoms with van der Waals surface area (Å²) in [5.74, 6) is 0. The first-order valence-electron chi connectivity index (χ1n) is 3.25. The molecule has 2 rings (SSSR count). The van der Waals surface area contributed by atoms with Crippen LogP contribution in [0, 0.1) is 0 Å². The Morgan fingerprint density at radius 3 is 2.54 bits per heavy atom. The number of hydrogen-bond donors (Lipinski definition) is 2. The topological polar surface area (TPSA) is 52.0 Å². The first kappa shape index (κ1) is 13.3. The molecule has 0 aromatic rings. The summed E-state index contributed by atoms with van der Waals surface area (Å²) < 4.78 is 0. The molecule has 2 aliphatic rings. The van der Waals surface area contributed by atoms with Gasteiger partial charge in [0.15, 0.2) is 0 Å². The number of allylic oxidation sites excluding steroid dienone is 2. The van der Waals surface area contributed by atoms with Gasteiger partial charge in [0.2, 0.25) is 0 Å². The molecule has 2 heterocycles. The fraction of sp³-hybridized carbons (Fsp3) is 0.143. The molecular weight excluding hydrogens is 247 g/mol. The van der Waals surface area contributed by atoms with Gasteiger partial charge in [0.05, 0.1) is 10.4 Å². The van der Waals surface area contributed by atoms with Gasteiger partial charge in [-0.1, -0.05) is 11.8 Å². The number of thioether (sulfide) groups is 2. The van der Waals surface area contributed by atoms with Crippen LogP contribution in [0.4, 0.5) is 0 Å². The summed E-state index contributed by atoms with van der Waals surface area (Å²) >= 11 is 3.27. The van der Waals surface area contributed by atoms with Crippen LogP contribution < -0.4 is 11.5 Å². The molecule has 0 saturated heterocycles. The fourth-order valence-electron chi connectivity index (χ4n) is 0.995. The second kappa shape index (κ2) is 5.22. The Hall–Kier alpha value is 0.260. The van der Waals surface area contributed by atoms with Crippen molar-refractivity contribution in [3.8, 4) is 0 Å². The van der Waals surface area contributed by atoms with Crippen molar-refractivity contribution in [2.75, 3.05) is 0 Å². The number of nitrogens with two attached hydrogens (primary N) is 2. The summed E-state index contributed by atoms with van der Waals surface area (Å²) in [7, 11) is 0. The zero-order valence-electron chi connectivity index (χ0n) is 6.60. The molecule has 2 nitrogen and oxygen atoms in total.